The molecule has 3 amide bonds. The quantitative estimate of drug-likeness (QED) is 0.557. The molecule has 0 saturated carbocycles. The first-order valence-electron chi connectivity index (χ1n) is 5.82. The van der Waals surface area contributed by atoms with Gasteiger partial charge in [0.15, 0.2) is 11.5 Å². The fourth-order valence-corrected chi connectivity index (χ4v) is 1.60. The summed E-state index contributed by atoms with van der Waals surface area (Å²) in [4.78, 5) is 22.2. The van der Waals surface area contributed by atoms with Crippen molar-refractivity contribution in [2.45, 2.75) is 13.3 Å². The van der Waals surface area contributed by atoms with E-state index in [1.54, 1.807) is 25.1 Å². The fourth-order valence-electron chi connectivity index (χ4n) is 1.60. The molecule has 0 atom stereocenters. The number of nitrogens with two attached hydrogens (primary N) is 1. The van der Waals surface area contributed by atoms with Crippen LogP contribution in [0.5, 0.6) is 11.5 Å². The first-order chi connectivity index (χ1) is 9.54. The summed E-state index contributed by atoms with van der Waals surface area (Å²) in [7, 11) is 0. The van der Waals surface area contributed by atoms with E-state index < -0.39 is 6.03 Å². The second kappa shape index (κ2) is 5.91. The predicted octanol–water partition coefficient (Wildman–Crippen LogP) is 0.788. The number of carbonyl (C=O) groups is 2. The van der Waals surface area contributed by atoms with E-state index in [-0.39, 0.29) is 19.1 Å². The number of amides is 3. The maximum absolute atomic E-state index is 11.8. The van der Waals surface area contributed by atoms with Crippen LogP contribution >= 0.6 is 0 Å². The highest BCUT2D eigenvalue weighted by Crippen LogP contribution is 2.34. The number of rotatable bonds is 4. The van der Waals surface area contributed by atoms with Gasteiger partial charge in [-0.25, -0.2) is 10.2 Å². The Morgan fingerprint density at radius 3 is 2.85 bits per heavy atom. The molecule has 106 valence electrons. The van der Waals surface area contributed by atoms with Gasteiger partial charge in [-0.2, -0.15) is 5.10 Å². The van der Waals surface area contributed by atoms with Crippen molar-refractivity contribution in [2.75, 3.05) is 12.1 Å². The number of benzene rings is 1. The Morgan fingerprint density at radius 1 is 1.35 bits per heavy atom. The van der Waals surface area contributed by atoms with Crippen molar-refractivity contribution in [3.63, 3.8) is 0 Å². The Hall–Kier alpha value is -2.77. The van der Waals surface area contributed by atoms with Crippen molar-refractivity contribution < 1.29 is 19.1 Å². The molecular weight excluding hydrogens is 264 g/mol. The second-order valence-electron chi connectivity index (χ2n) is 4.12. The van der Waals surface area contributed by atoms with Crippen LogP contribution in [-0.2, 0) is 4.79 Å². The van der Waals surface area contributed by atoms with E-state index in [1.807, 2.05) is 0 Å². The number of primary amides is 1. The largest absolute Gasteiger partial charge is 0.454 e. The third-order valence-corrected chi connectivity index (χ3v) is 2.43. The van der Waals surface area contributed by atoms with Crippen molar-refractivity contribution in [3.05, 3.63) is 18.2 Å². The second-order valence-corrected chi connectivity index (χ2v) is 4.12. The SMILES string of the molecule is CC(CC(=O)Nc1ccc2c(c1)OCO2)=NNC(N)=O. The maximum atomic E-state index is 11.8. The number of hydrogen-bond donors (Lipinski definition) is 3. The molecule has 0 aliphatic carbocycles. The topological polar surface area (TPSA) is 115 Å². The van der Waals surface area contributed by atoms with Gasteiger partial charge in [-0.15, -0.1) is 0 Å². The monoisotopic (exact) mass is 278 g/mol. The minimum atomic E-state index is -0.777. The summed E-state index contributed by atoms with van der Waals surface area (Å²) in [6.07, 6.45) is 0.0364. The molecule has 1 aromatic rings. The minimum absolute atomic E-state index is 0.0364. The van der Waals surface area contributed by atoms with Gasteiger partial charge in [0.25, 0.3) is 0 Å². The van der Waals surface area contributed by atoms with Crippen LogP contribution in [0.15, 0.2) is 23.3 Å². The third-order valence-electron chi connectivity index (χ3n) is 2.43. The van der Waals surface area contributed by atoms with Crippen LogP contribution in [-0.4, -0.2) is 24.4 Å². The van der Waals surface area contributed by atoms with E-state index in [4.69, 9.17) is 15.2 Å². The van der Waals surface area contributed by atoms with Crippen LogP contribution in [0.2, 0.25) is 0 Å². The highest BCUT2D eigenvalue weighted by molar-refractivity contribution is 6.05. The van der Waals surface area contributed by atoms with Gasteiger partial charge in [-0.3, -0.25) is 4.79 Å². The van der Waals surface area contributed by atoms with Crippen molar-refractivity contribution in [1.82, 2.24) is 5.43 Å². The number of ether oxygens (including phenoxy) is 2. The van der Waals surface area contributed by atoms with Crippen molar-refractivity contribution >= 4 is 23.3 Å². The number of nitrogens with zero attached hydrogens (tertiary/aromatic N) is 1. The number of urea groups is 1. The number of anilines is 1. The number of hydrogen-bond acceptors (Lipinski definition) is 5. The zero-order valence-electron chi connectivity index (χ0n) is 10.8. The van der Waals surface area contributed by atoms with Crippen LogP contribution in [0.1, 0.15) is 13.3 Å². The van der Waals surface area contributed by atoms with Gasteiger partial charge < -0.3 is 20.5 Å². The molecule has 20 heavy (non-hydrogen) atoms. The minimum Gasteiger partial charge on any atom is -0.454 e. The zero-order valence-corrected chi connectivity index (χ0v) is 10.8. The summed E-state index contributed by atoms with van der Waals surface area (Å²) in [5.74, 6) is 0.964. The first-order valence-corrected chi connectivity index (χ1v) is 5.82. The molecule has 0 aromatic heterocycles. The van der Waals surface area contributed by atoms with Crippen LogP contribution < -0.4 is 25.9 Å². The van der Waals surface area contributed by atoms with Crippen LogP contribution in [0.4, 0.5) is 10.5 Å². The maximum Gasteiger partial charge on any atom is 0.332 e. The van der Waals surface area contributed by atoms with Gasteiger partial charge in [0.05, 0.1) is 6.42 Å². The highest BCUT2D eigenvalue weighted by atomic mass is 16.7. The molecule has 0 unspecified atom stereocenters. The average Bonchev–Trinajstić information content (AvgIpc) is 2.83. The molecule has 2 rings (SSSR count). The molecule has 8 heteroatoms. The molecule has 0 fully saturated rings. The summed E-state index contributed by atoms with van der Waals surface area (Å²) in [5.41, 5.74) is 7.95. The predicted molar refractivity (Wildman–Crippen MR) is 71.6 cm³/mol. The summed E-state index contributed by atoms with van der Waals surface area (Å²) in [6, 6.07) is 4.32. The lowest BCUT2D eigenvalue weighted by Crippen LogP contribution is -2.26. The smallest absolute Gasteiger partial charge is 0.332 e. The van der Waals surface area contributed by atoms with Gasteiger partial charge in [0, 0.05) is 17.5 Å². The third kappa shape index (κ3) is 3.61. The molecule has 0 radical (unpaired) electrons. The van der Waals surface area contributed by atoms with E-state index in [1.165, 1.54) is 0 Å². The van der Waals surface area contributed by atoms with Gasteiger partial charge in [0.2, 0.25) is 12.7 Å². The lowest BCUT2D eigenvalue weighted by Gasteiger charge is -2.06. The van der Waals surface area contributed by atoms with Crippen molar-refractivity contribution in [3.8, 4) is 11.5 Å². The van der Waals surface area contributed by atoms with E-state index in [9.17, 15) is 9.59 Å². The van der Waals surface area contributed by atoms with Gasteiger partial charge in [-0.05, 0) is 19.1 Å². The fraction of sp³-hybridized carbons (Fsp3) is 0.250. The molecule has 1 aliphatic heterocycles. The average molecular weight is 278 g/mol. The molecule has 0 saturated heterocycles. The summed E-state index contributed by atoms with van der Waals surface area (Å²) in [6.45, 7) is 1.78. The number of nitrogens with one attached hydrogen (secondary N) is 2. The molecule has 1 aliphatic rings. The standard InChI is InChI=1S/C12H14N4O4/c1-7(15-16-12(13)18)4-11(17)14-8-2-3-9-10(5-8)20-6-19-9/h2-3,5H,4,6H2,1H3,(H,14,17)(H3,13,16,18). The summed E-state index contributed by atoms with van der Waals surface area (Å²) in [5, 5.41) is 6.34. The molecule has 1 heterocycles. The summed E-state index contributed by atoms with van der Waals surface area (Å²) >= 11 is 0. The number of carbonyl (C=O) groups excluding carboxylic acids is 2. The first kappa shape index (κ1) is 13.7. The molecule has 1 aromatic carbocycles. The van der Waals surface area contributed by atoms with Crippen LogP contribution in [0, 0.1) is 0 Å². The van der Waals surface area contributed by atoms with Gasteiger partial charge in [-0.1, -0.05) is 0 Å². The molecule has 8 nitrogen and oxygen atoms in total. The molecule has 0 bridgehead atoms. The molecule has 4 N–H and O–H groups in total. The normalized spacial score (nSPS) is 12.9. The highest BCUT2D eigenvalue weighted by Gasteiger charge is 2.14. The van der Waals surface area contributed by atoms with Crippen molar-refractivity contribution in [1.29, 1.82) is 0 Å². The van der Waals surface area contributed by atoms with Crippen LogP contribution in [0.3, 0.4) is 0 Å². The Balaban J connectivity index is 1.91. The Morgan fingerprint density at radius 2 is 2.10 bits per heavy atom. The Kier molecular flexibility index (Phi) is 4.04. The van der Waals surface area contributed by atoms with Gasteiger partial charge >= 0.3 is 6.03 Å². The van der Waals surface area contributed by atoms with E-state index in [0.29, 0.717) is 22.9 Å². The van der Waals surface area contributed by atoms with Crippen LogP contribution in [0.25, 0.3) is 0 Å². The lowest BCUT2D eigenvalue weighted by atomic mass is 10.2. The number of fused-ring (bicyclic) bond motifs is 1. The van der Waals surface area contributed by atoms with Gasteiger partial charge in [0.1, 0.15) is 0 Å². The van der Waals surface area contributed by atoms with Crippen molar-refractivity contribution in [2.24, 2.45) is 10.8 Å². The molecule has 0 spiro atoms. The Labute approximate surface area is 114 Å². The summed E-state index contributed by atoms with van der Waals surface area (Å²) < 4.78 is 10.4. The van der Waals surface area contributed by atoms with E-state index >= 15 is 0 Å². The molecular formula is C12H14N4O4. The van der Waals surface area contributed by atoms with E-state index in [0.717, 1.165) is 0 Å². The Bertz CT molecular complexity index is 571. The lowest BCUT2D eigenvalue weighted by molar-refractivity contribution is -0.115. The number of hydrazone groups is 1. The van der Waals surface area contributed by atoms with E-state index in [2.05, 4.69) is 15.8 Å². The zero-order chi connectivity index (χ0) is 14.5.